The summed E-state index contributed by atoms with van der Waals surface area (Å²) in [5.41, 5.74) is 2.66. The van der Waals surface area contributed by atoms with Crippen LogP contribution in [0.1, 0.15) is 88.6 Å². The van der Waals surface area contributed by atoms with Gasteiger partial charge in [0, 0.05) is 19.5 Å². The Balaban J connectivity index is 2.55. The molecule has 0 aliphatic carbocycles. The molecule has 0 aliphatic rings. The number of carbonyl (C=O) groups is 4. The minimum Gasteiger partial charge on any atom is -0.466 e. The molecule has 0 fully saturated rings. The van der Waals surface area contributed by atoms with Gasteiger partial charge in [-0.05, 0) is 70.2 Å². The van der Waals surface area contributed by atoms with Crippen LogP contribution in [0.3, 0.4) is 0 Å². The van der Waals surface area contributed by atoms with Crippen LogP contribution in [-0.2, 0) is 30.3 Å². The van der Waals surface area contributed by atoms with Crippen molar-refractivity contribution in [1.82, 2.24) is 15.5 Å². The average Bonchev–Trinajstić information content (AvgIpc) is 2.93. The summed E-state index contributed by atoms with van der Waals surface area (Å²) in [6, 6.07) is 13.1. The van der Waals surface area contributed by atoms with E-state index in [2.05, 4.69) is 17.6 Å². The van der Waals surface area contributed by atoms with Crippen molar-refractivity contribution in [2.24, 2.45) is 0 Å². The van der Waals surface area contributed by atoms with Crippen LogP contribution in [0.2, 0.25) is 0 Å². The monoisotopic (exact) mass is 595 g/mol. The van der Waals surface area contributed by atoms with E-state index in [1.165, 1.54) is 0 Å². The van der Waals surface area contributed by atoms with Gasteiger partial charge in [0.05, 0.1) is 13.0 Å². The summed E-state index contributed by atoms with van der Waals surface area (Å²) in [7, 11) is 0. The molecule has 2 aromatic rings. The second-order valence-electron chi connectivity index (χ2n) is 11.7. The molecule has 0 aromatic heterocycles. The highest BCUT2D eigenvalue weighted by Crippen LogP contribution is 2.28. The van der Waals surface area contributed by atoms with Crippen LogP contribution in [0.5, 0.6) is 0 Å². The lowest BCUT2D eigenvalue weighted by Crippen LogP contribution is -2.54. The van der Waals surface area contributed by atoms with E-state index < -0.39 is 41.6 Å². The van der Waals surface area contributed by atoms with Gasteiger partial charge in [-0.15, -0.1) is 0 Å². The molecule has 2 rings (SSSR count). The number of hydrogen-bond acceptors (Lipinski definition) is 6. The minimum absolute atomic E-state index is 0.0136. The highest BCUT2D eigenvalue weighted by atomic mass is 16.6. The smallest absolute Gasteiger partial charge is 0.408 e. The van der Waals surface area contributed by atoms with Crippen LogP contribution in [0.15, 0.2) is 48.5 Å². The van der Waals surface area contributed by atoms with E-state index >= 15 is 0 Å². The Hall–Kier alpha value is -3.88. The number of alkyl carbamates (subject to hydrolysis) is 1. The van der Waals surface area contributed by atoms with Gasteiger partial charge in [0.2, 0.25) is 11.8 Å². The lowest BCUT2D eigenvalue weighted by atomic mass is 9.94. The van der Waals surface area contributed by atoms with Crippen LogP contribution in [0.4, 0.5) is 4.79 Å². The van der Waals surface area contributed by atoms with Crippen molar-refractivity contribution in [2.75, 3.05) is 19.7 Å². The number of unbranched alkanes of at least 4 members (excludes halogenated alkanes) is 2. The van der Waals surface area contributed by atoms with Gasteiger partial charge in [-0.25, -0.2) is 4.79 Å². The van der Waals surface area contributed by atoms with Gasteiger partial charge in [-0.1, -0.05) is 68.3 Å². The third-order valence-corrected chi connectivity index (χ3v) is 6.99. The molecule has 0 bridgehead atoms. The van der Waals surface area contributed by atoms with Crippen molar-refractivity contribution in [1.29, 1.82) is 0 Å². The van der Waals surface area contributed by atoms with Gasteiger partial charge in [0.15, 0.2) is 0 Å². The van der Waals surface area contributed by atoms with Crippen LogP contribution >= 0.6 is 0 Å². The largest absolute Gasteiger partial charge is 0.466 e. The number of rotatable bonds is 15. The standard InChI is InChI=1S/C34H49N3O6/c1-8-10-14-22-37(32(40)28(23-26-17-12-11-13-18-26)36-33(41)43-34(5,6)7)30(27-19-15-16-24(3)25(27)4)31(39)35-21-20-29(38)42-9-2/h11-13,15-19,28,30H,8-10,14,20-23H2,1-7H3,(H,35,39)(H,36,41). The summed E-state index contributed by atoms with van der Waals surface area (Å²) < 4.78 is 10.5. The van der Waals surface area contributed by atoms with E-state index in [0.29, 0.717) is 18.5 Å². The number of amides is 3. The molecule has 9 nitrogen and oxygen atoms in total. The SMILES string of the molecule is CCCCCN(C(=O)C(Cc1ccccc1)NC(=O)OC(C)(C)C)C(C(=O)NCCC(=O)OCC)c1cccc(C)c1C. The topological polar surface area (TPSA) is 114 Å². The first-order valence-corrected chi connectivity index (χ1v) is 15.2. The predicted octanol–water partition coefficient (Wildman–Crippen LogP) is 5.57. The third-order valence-electron chi connectivity index (χ3n) is 6.99. The van der Waals surface area contributed by atoms with E-state index in [9.17, 15) is 19.2 Å². The number of hydrogen-bond donors (Lipinski definition) is 2. The van der Waals surface area contributed by atoms with Crippen LogP contribution < -0.4 is 10.6 Å². The van der Waals surface area contributed by atoms with E-state index in [1.54, 1.807) is 32.6 Å². The van der Waals surface area contributed by atoms with Crippen molar-refractivity contribution in [2.45, 2.75) is 98.3 Å². The number of nitrogens with one attached hydrogen (secondary N) is 2. The Labute approximate surface area is 256 Å². The van der Waals surface area contributed by atoms with Crippen molar-refractivity contribution in [3.8, 4) is 0 Å². The van der Waals surface area contributed by atoms with E-state index in [1.807, 2.05) is 62.4 Å². The van der Waals surface area contributed by atoms with Gasteiger partial charge in [-0.3, -0.25) is 14.4 Å². The molecule has 0 heterocycles. The lowest BCUT2D eigenvalue weighted by Gasteiger charge is -2.35. The van der Waals surface area contributed by atoms with E-state index in [4.69, 9.17) is 9.47 Å². The Morgan fingerprint density at radius 1 is 0.930 bits per heavy atom. The molecule has 9 heteroatoms. The first-order chi connectivity index (χ1) is 20.4. The summed E-state index contributed by atoms with van der Waals surface area (Å²) in [4.78, 5) is 55.0. The highest BCUT2D eigenvalue weighted by molar-refractivity contribution is 5.92. The number of ether oxygens (including phenoxy) is 2. The van der Waals surface area contributed by atoms with E-state index in [0.717, 1.165) is 29.5 Å². The van der Waals surface area contributed by atoms with Gasteiger partial charge < -0.3 is 25.0 Å². The Kier molecular flexibility index (Phi) is 14.2. The molecule has 2 N–H and O–H groups in total. The van der Waals surface area contributed by atoms with Gasteiger partial charge in [0.1, 0.15) is 17.7 Å². The fourth-order valence-electron chi connectivity index (χ4n) is 4.74. The van der Waals surface area contributed by atoms with E-state index in [-0.39, 0.29) is 26.0 Å². The molecule has 2 aromatic carbocycles. The quantitative estimate of drug-likeness (QED) is 0.206. The van der Waals surface area contributed by atoms with Crippen molar-refractivity contribution >= 4 is 23.9 Å². The summed E-state index contributed by atoms with van der Waals surface area (Å²) in [5.74, 6) is -1.21. The lowest BCUT2D eigenvalue weighted by molar-refractivity contribution is -0.144. The number of esters is 1. The van der Waals surface area contributed by atoms with Gasteiger partial charge in [-0.2, -0.15) is 0 Å². The first kappa shape index (κ1) is 35.3. The maximum Gasteiger partial charge on any atom is 0.408 e. The molecule has 3 amide bonds. The molecular formula is C34H49N3O6. The van der Waals surface area contributed by atoms with Crippen LogP contribution in [-0.4, -0.2) is 60.1 Å². The highest BCUT2D eigenvalue weighted by Gasteiger charge is 2.37. The molecule has 0 saturated carbocycles. The summed E-state index contributed by atoms with van der Waals surface area (Å²) >= 11 is 0. The maximum atomic E-state index is 14.5. The number of carbonyl (C=O) groups excluding carboxylic acids is 4. The minimum atomic E-state index is -0.987. The Morgan fingerprint density at radius 3 is 2.26 bits per heavy atom. The number of nitrogens with zero attached hydrogens (tertiary/aromatic N) is 1. The maximum absolute atomic E-state index is 14.5. The molecule has 0 radical (unpaired) electrons. The van der Waals surface area contributed by atoms with Crippen molar-refractivity contribution in [3.05, 3.63) is 70.8 Å². The molecule has 236 valence electrons. The molecule has 0 aliphatic heterocycles. The van der Waals surface area contributed by atoms with Crippen LogP contribution in [0, 0.1) is 13.8 Å². The van der Waals surface area contributed by atoms with Gasteiger partial charge >= 0.3 is 12.1 Å². The van der Waals surface area contributed by atoms with Crippen molar-refractivity contribution < 1.29 is 28.7 Å². The zero-order valence-corrected chi connectivity index (χ0v) is 26.8. The Morgan fingerprint density at radius 2 is 1.63 bits per heavy atom. The zero-order chi connectivity index (χ0) is 32.0. The molecule has 0 spiro atoms. The normalized spacial score (nSPS) is 12.5. The second kappa shape index (κ2) is 17.3. The number of aryl methyl sites for hydroxylation is 1. The van der Waals surface area contributed by atoms with Crippen LogP contribution in [0.25, 0.3) is 0 Å². The average molecular weight is 596 g/mol. The summed E-state index contributed by atoms with van der Waals surface area (Å²) in [6.45, 7) is 13.6. The third kappa shape index (κ3) is 11.7. The summed E-state index contributed by atoms with van der Waals surface area (Å²) in [5, 5.41) is 5.65. The second-order valence-corrected chi connectivity index (χ2v) is 11.7. The predicted molar refractivity (Wildman–Crippen MR) is 167 cm³/mol. The number of benzene rings is 2. The first-order valence-electron chi connectivity index (χ1n) is 15.2. The molecule has 2 unspecified atom stereocenters. The molecule has 43 heavy (non-hydrogen) atoms. The fraction of sp³-hybridized carbons (Fsp3) is 0.529. The Bertz CT molecular complexity index is 1210. The summed E-state index contributed by atoms with van der Waals surface area (Å²) in [6.07, 6.45) is 1.97. The zero-order valence-electron chi connectivity index (χ0n) is 26.8. The molecule has 0 saturated heterocycles. The molecular weight excluding hydrogens is 546 g/mol. The fourth-order valence-corrected chi connectivity index (χ4v) is 4.74. The van der Waals surface area contributed by atoms with Gasteiger partial charge in [0.25, 0.3) is 0 Å². The molecule has 2 atom stereocenters. The van der Waals surface area contributed by atoms with Crippen molar-refractivity contribution in [3.63, 3.8) is 0 Å².